The molecule has 2 N–H and O–H groups in total. The van der Waals surface area contributed by atoms with Gasteiger partial charge in [0.2, 0.25) is 0 Å². The van der Waals surface area contributed by atoms with Gasteiger partial charge in [-0.1, -0.05) is 36.4 Å². The third-order valence-electron chi connectivity index (χ3n) is 3.62. The summed E-state index contributed by atoms with van der Waals surface area (Å²) in [6.07, 6.45) is 0.213. The molecule has 0 spiro atoms. The molecule has 2 aromatic rings. The molecule has 0 saturated carbocycles. The molecule has 0 radical (unpaired) electrons. The van der Waals surface area contributed by atoms with E-state index in [9.17, 15) is 5.11 Å². The Morgan fingerprint density at radius 2 is 1.74 bits per heavy atom. The Balaban J connectivity index is 1.97. The third kappa shape index (κ3) is 2.17. The van der Waals surface area contributed by atoms with Crippen LogP contribution in [0.15, 0.2) is 48.5 Å². The first-order chi connectivity index (χ1) is 9.29. The van der Waals surface area contributed by atoms with Crippen LogP contribution in [0.2, 0.25) is 0 Å². The fourth-order valence-electron chi connectivity index (χ4n) is 2.67. The van der Waals surface area contributed by atoms with Crippen molar-refractivity contribution in [2.24, 2.45) is 0 Å². The number of benzene rings is 2. The molecule has 3 rings (SSSR count). The lowest BCUT2D eigenvalue weighted by Crippen LogP contribution is -2.21. The molecule has 0 aromatic heterocycles. The molecule has 0 unspecified atom stereocenters. The van der Waals surface area contributed by atoms with Crippen LogP contribution >= 0.6 is 0 Å². The van der Waals surface area contributed by atoms with Crippen LogP contribution in [0.3, 0.4) is 0 Å². The van der Waals surface area contributed by atoms with E-state index in [1.807, 2.05) is 48.5 Å². The molecule has 2 aromatic carbocycles. The third-order valence-corrected chi connectivity index (χ3v) is 3.62. The van der Waals surface area contributed by atoms with Gasteiger partial charge in [0.1, 0.15) is 5.75 Å². The van der Waals surface area contributed by atoms with E-state index >= 15 is 0 Å². The van der Waals surface area contributed by atoms with Crippen LogP contribution in [-0.4, -0.2) is 12.2 Å². The second kappa shape index (κ2) is 4.94. The predicted molar refractivity (Wildman–Crippen MR) is 75.4 cm³/mol. The van der Waals surface area contributed by atoms with Crippen molar-refractivity contribution < 1.29 is 9.84 Å². The zero-order valence-electron chi connectivity index (χ0n) is 10.8. The van der Waals surface area contributed by atoms with Crippen LogP contribution in [0.4, 0.5) is 5.69 Å². The molecular formula is C16H17NO2. The first kappa shape index (κ1) is 12.1. The standard InChI is InChI=1S/C16H17NO2/c1-19-16-9-5-3-7-12(16)14-10-15(18)11-6-2-4-8-13(11)17-14/h2-9,14-15,17-18H,10H2,1H3/t14-,15+/m1/s1. The minimum absolute atomic E-state index is 0.0704. The quantitative estimate of drug-likeness (QED) is 0.865. The summed E-state index contributed by atoms with van der Waals surface area (Å²) in [7, 11) is 1.67. The van der Waals surface area contributed by atoms with Gasteiger partial charge in [-0.25, -0.2) is 0 Å². The van der Waals surface area contributed by atoms with Gasteiger partial charge in [-0.15, -0.1) is 0 Å². The largest absolute Gasteiger partial charge is 0.496 e. The highest BCUT2D eigenvalue weighted by Crippen LogP contribution is 2.40. The summed E-state index contributed by atoms with van der Waals surface area (Å²) in [6, 6.07) is 15.9. The number of ether oxygens (including phenoxy) is 1. The van der Waals surface area contributed by atoms with Gasteiger partial charge < -0.3 is 15.2 Å². The topological polar surface area (TPSA) is 41.5 Å². The van der Waals surface area contributed by atoms with E-state index in [0.717, 1.165) is 22.6 Å². The summed E-state index contributed by atoms with van der Waals surface area (Å²) in [5.41, 5.74) is 3.05. The highest BCUT2D eigenvalue weighted by Gasteiger charge is 2.27. The molecule has 0 fully saturated rings. The molecule has 0 bridgehead atoms. The smallest absolute Gasteiger partial charge is 0.124 e. The Labute approximate surface area is 112 Å². The Hall–Kier alpha value is -2.00. The molecule has 19 heavy (non-hydrogen) atoms. The maximum absolute atomic E-state index is 10.3. The van der Waals surface area contributed by atoms with Crippen molar-refractivity contribution in [1.29, 1.82) is 0 Å². The molecule has 1 heterocycles. The minimum Gasteiger partial charge on any atom is -0.496 e. The van der Waals surface area contributed by atoms with Crippen LogP contribution in [0.5, 0.6) is 5.75 Å². The van der Waals surface area contributed by atoms with Crippen molar-refractivity contribution in [1.82, 2.24) is 0 Å². The van der Waals surface area contributed by atoms with E-state index in [2.05, 4.69) is 5.32 Å². The van der Waals surface area contributed by atoms with E-state index in [1.165, 1.54) is 0 Å². The Morgan fingerprint density at radius 1 is 1.05 bits per heavy atom. The van der Waals surface area contributed by atoms with Gasteiger partial charge in [0.05, 0.1) is 19.3 Å². The average molecular weight is 255 g/mol. The van der Waals surface area contributed by atoms with Crippen molar-refractivity contribution in [3.8, 4) is 5.75 Å². The number of aliphatic hydroxyl groups excluding tert-OH is 1. The summed E-state index contributed by atoms with van der Waals surface area (Å²) < 4.78 is 5.40. The maximum Gasteiger partial charge on any atom is 0.124 e. The number of anilines is 1. The number of hydrogen-bond acceptors (Lipinski definition) is 3. The molecule has 2 atom stereocenters. The molecular weight excluding hydrogens is 238 g/mol. The van der Waals surface area contributed by atoms with Gasteiger partial charge in [0.15, 0.2) is 0 Å². The molecule has 3 nitrogen and oxygen atoms in total. The maximum atomic E-state index is 10.3. The second-order valence-electron chi connectivity index (χ2n) is 4.78. The zero-order chi connectivity index (χ0) is 13.2. The highest BCUT2D eigenvalue weighted by molar-refractivity contribution is 5.57. The summed E-state index contributed by atoms with van der Waals surface area (Å²) in [5, 5.41) is 13.8. The highest BCUT2D eigenvalue weighted by atomic mass is 16.5. The number of nitrogens with one attached hydrogen (secondary N) is 1. The predicted octanol–water partition coefficient (Wildman–Crippen LogP) is 3.29. The summed E-state index contributed by atoms with van der Waals surface area (Å²) in [5.74, 6) is 0.853. The minimum atomic E-state index is -0.438. The van der Waals surface area contributed by atoms with E-state index in [-0.39, 0.29) is 6.04 Å². The van der Waals surface area contributed by atoms with Gasteiger partial charge in [-0.05, 0) is 12.1 Å². The Kier molecular flexibility index (Phi) is 3.13. The monoisotopic (exact) mass is 255 g/mol. The van der Waals surface area contributed by atoms with Crippen LogP contribution in [0, 0.1) is 0 Å². The molecule has 0 amide bonds. The number of fused-ring (bicyclic) bond motifs is 1. The number of para-hydroxylation sites is 2. The lowest BCUT2D eigenvalue weighted by Gasteiger charge is -2.31. The van der Waals surface area contributed by atoms with Gasteiger partial charge >= 0.3 is 0 Å². The summed E-state index contributed by atoms with van der Waals surface area (Å²) in [6.45, 7) is 0. The number of aliphatic hydroxyl groups is 1. The number of hydrogen-bond donors (Lipinski definition) is 2. The van der Waals surface area contributed by atoms with Gasteiger partial charge in [0.25, 0.3) is 0 Å². The summed E-state index contributed by atoms with van der Waals surface area (Å²) >= 11 is 0. The van der Waals surface area contributed by atoms with Crippen molar-refractivity contribution in [2.75, 3.05) is 12.4 Å². The van der Waals surface area contributed by atoms with Crippen molar-refractivity contribution in [3.63, 3.8) is 0 Å². The van der Waals surface area contributed by atoms with E-state index < -0.39 is 6.10 Å². The van der Waals surface area contributed by atoms with Gasteiger partial charge in [-0.3, -0.25) is 0 Å². The van der Waals surface area contributed by atoms with E-state index in [4.69, 9.17) is 4.74 Å². The molecule has 98 valence electrons. The number of methoxy groups -OCH3 is 1. The molecule has 1 aliphatic heterocycles. The lowest BCUT2D eigenvalue weighted by atomic mass is 9.91. The van der Waals surface area contributed by atoms with Crippen LogP contribution in [0.25, 0.3) is 0 Å². The van der Waals surface area contributed by atoms with Crippen LogP contribution in [-0.2, 0) is 0 Å². The average Bonchev–Trinajstić information content (AvgIpc) is 2.47. The van der Waals surface area contributed by atoms with Gasteiger partial charge in [0, 0.05) is 23.2 Å². The van der Waals surface area contributed by atoms with Crippen molar-refractivity contribution in [2.45, 2.75) is 18.6 Å². The van der Waals surface area contributed by atoms with Gasteiger partial charge in [-0.2, -0.15) is 0 Å². The van der Waals surface area contributed by atoms with E-state index in [0.29, 0.717) is 6.42 Å². The van der Waals surface area contributed by atoms with E-state index in [1.54, 1.807) is 7.11 Å². The Morgan fingerprint density at radius 3 is 2.53 bits per heavy atom. The normalized spacial score (nSPS) is 21.4. The number of rotatable bonds is 2. The van der Waals surface area contributed by atoms with Crippen LogP contribution in [0.1, 0.15) is 29.7 Å². The fourth-order valence-corrected chi connectivity index (χ4v) is 2.67. The molecule has 1 aliphatic rings. The zero-order valence-corrected chi connectivity index (χ0v) is 10.8. The molecule has 0 aliphatic carbocycles. The lowest BCUT2D eigenvalue weighted by molar-refractivity contribution is 0.155. The molecule has 3 heteroatoms. The van der Waals surface area contributed by atoms with Crippen LogP contribution < -0.4 is 10.1 Å². The summed E-state index contributed by atoms with van der Waals surface area (Å²) in [4.78, 5) is 0. The first-order valence-corrected chi connectivity index (χ1v) is 6.46. The molecule has 0 saturated heterocycles. The fraction of sp³-hybridized carbons (Fsp3) is 0.250. The second-order valence-corrected chi connectivity index (χ2v) is 4.78. The Bertz CT molecular complexity index is 582. The SMILES string of the molecule is COc1ccccc1[C@H]1C[C@H](O)c2ccccc2N1. The van der Waals surface area contributed by atoms with Crippen molar-refractivity contribution >= 4 is 5.69 Å². The van der Waals surface area contributed by atoms with Crippen molar-refractivity contribution in [3.05, 3.63) is 59.7 Å². The first-order valence-electron chi connectivity index (χ1n) is 6.46.